The van der Waals surface area contributed by atoms with E-state index in [1.165, 1.54) is 0 Å². The lowest BCUT2D eigenvalue weighted by atomic mass is 10.3. The Morgan fingerprint density at radius 3 is 2.75 bits per heavy atom. The summed E-state index contributed by atoms with van der Waals surface area (Å²) in [6.07, 6.45) is 0.0133. The van der Waals surface area contributed by atoms with Crippen LogP contribution in [0.4, 0.5) is 0 Å². The van der Waals surface area contributed by atoms with Crippen LogP contribution >= 0.6 is 12.0 Å². The van der Waals surface area contributed by atoms with Crippen molar-refractivity contribution in [3.05, 3.63) is 24.3 Å². The highest BCUT2D eigenvalue weighted by Crippen LogP contribution is 2.20. The molecule has 0 aliphatic heterocycles. The first-order valence-corrected chi connectivity index (χ1v) is 6.91. The maximum absolute atomic E-state index is 11.4. The average Bonchev–Trinajstić information content (AvgIpc) is 2.86. The van der Waals surface area contributed by atoms with Gasteiger partial charge in [-0.2, -0.15) is 0 Å². The largest absolute Gasteiger partial charge is 0.466 e. The molecule has 0 aliphatic rings. The number of esters is 1. The average molecular weight is 294 g/mol. The number of para-hydroxylation sites is 2. The molecule has 2 aromatic rings. The van der Waals surface area contributed by atoms with Gasteiger partial charge in [0.2, 0.25) is 5.16 Å². The second-order valence-electron chi connectivity index (χ2n) is 3.90. The number of aromatic amines is 1. The molecule has 0 unspecified atom stereocenters. The molecule has 0 amide bonds. The number of rotatable bonds is 6. The number of hydrogen-bond acceptors (Lipinski definition) is 6. The molecule has 1 aromatic heterocycles. The minimum atomic E-state index is -0.483. The van der Waals surface area contributed by atoms with E-state index in [1.54, 1.807) is 6.92 Å². The van der Waals surface area contributed by atoms with E-state index >= 15 is 0 Å². The number of aromatic nitrogens is 2. The molecular formula is C13H14N2O4S. The predicted octanol–water partition coefficient (Wildman–Crippen LogP) is 2.46. The van der Waals surface area contributed by atoms with E-state index in [1.807, 2.05) is 24.3 Å². The van der Waals surface area contributed by atoms with Crippen LogP contribution in [0.25, 0.3) is 11.0 Å². The summed E-state index contributed by atoms with van der Waals surface area (Å²) in [4.78, 5) is 29.8. The minimum Gasteiger partial charge on any atom is -0.466 e. The molecule has 0 fully saturated rings. The van der Waals surface area contributed by atoms with Crippen LogP contribution in [-0.2, 0) is 18.5 Å². The van der Waals surface area contributed by atoms with Gasteiger partial charge in [-0.05, 0) is 19.1 Å². The van der Waals surface area contributed by atoms with Gasteiger partial charge in [0, 0.05) is 0 Å². The first-order valence-electron chi connectivity index (χ1n) is 6.16. The lowest BCUT2D eigenvalue weighted by molar-refractivity contribution is -0.146. The summed E-state index contributed by atoms with van der Waals surface area (Å²) in [7, 11) is 0. The molecule has 0 saturated heterocycles. The fourth-order valence-electron chi connectivity index (χ4n) is 1.53. The van der Waals surface area contributed by atoms with Crippen LogP contribution in [0.3, 0.4) is 0 Å². The number of benzene rings is 1. The lowest BCUT2D eigenvalue weighted by Crippen LogP contribution is -2.08. The standard InChI is InChI=1S/C13H14N2O4S/c1-2-18-11(16)7-8-12(17)19-20-13-14-9-5-3-4-6-10(9)15-13/h3-6H,2,7-8H2,1H3,(H,14,15). The number of imidazole rings is 1. The van der Waals surface area contributed by atoms with E-state index < -0.39 is 11.9 Å². The highest BCUT2D eigenvalue weighted by molar-refractivity contribution is 7.94. The smallest absolute Gasteiger partial charge is 0.318 e. The van der Waals surface area contributed by atoms with Gasteiger partial charge in [-0.1, -0.05) is 12.1 Å². The van der Waals surface area contributed by atoms with Crippen molar-refractivity contribution < 1.29 is 18.5 Å². The third kappa shape index (κ3) is 3.99. The lowest BCUT2D eigenvalue weighted by Gasteiger charge is -2.01. The second-order valence-corrected chi connectivity index (χ2v) is 4.62. The molecule has 1 heterocycles. The zero-order chi connectivity index (χ0) is 14.4. The number of carbonyl (C=O) groups is 2. The SMILES string of the molecule is CCOC(=O)CCC(=O)OSc1nc2ccccc2[nH]1. The number of hydrogen-bond donors (Lipinski definition) is 1. The maximum Gasteiger partial charge on any atom is 0.318 e. The Morgan fingerprint density at radius 2 is 2.00 bits per heavy atom. The van der Waals surface area contributed by atoms with E-state index in [4.69, 9.17) is 8.92 Å². The summed E-state index contributed by atoms with van der Waals surface area (Å²) < 4.78 is 9.69. The van der Waals surface area contributed by atoms with Crippen LogP contribution < -0.4 is 0 Å². The molecule has 0 bridgehead atoms. The van der Waals surface area contributed by atoms with Crippen LogP contribution in [0.1, 0.15) is 19.8 Å². The van der Waals surface area contributed by atoms with Crippen molar-refractivity contribution in [3.63, 3.8) is 0 Å². The van der Waals surface area contributed by atoms with Crippen molar-refractivity contribution in [3.8, 4) is 0 Å². The molecule has 0 radical (unpaired) electrons. The van der Waals surface area contributed by atoms with E-state index in [-0.39, 0.29) is 12.8 Å². The number of H-pyrrole nitrogens is 1. The van der Waals surface area contributed by atoms with E-state index in [2.05, 4.69) is 9.97 Å². The summed E-state index contributed by atoms with van der Waals surface area (Å²) in [6.45, 7) is 2.02. The van der Waals surface area contributed by atoms with Crippen LogP contribution in [0.2, 0.25) is 0 Å². The number of nitrogens with one attached hydrogen (secondary N) is 1. The second kappa shape index (κ2) is 6.95. The highest BCUT2D eigenvalue weighted by atomic mass is 32.2. The Bertz CT molecular complexity index is 578. The molecule has 7 heteroatoms. The van der Waals surface area contributed by atoms with Crippen molar-refractivity contribution in [1.82, 2.24) is 9.97 Å². The Morgan fingerprint density at radius 1 is 1.25 bits per heavy atom. The van der Waals surface area contributed by atoms with Gasteiger partial charge in [-0.25, -0.2) is 4.98 Å². The molecule has 1 aromatic carbocycles. The topological polar surface area (TPSA) is 81.3 Å². The van der Waals surface area contributed by atoms with Gasteiger partial charge in [-0.3, -0.25) is 9.59 Å². The monoisotopic (exact) mass is 294 g/mol. The van der Waals surface area contributed by atoms with Gasteiger partial charge < -0.3 is 13.9 Å². The molecule has 106 valence electrons. The Kier molecular flexibility index (Phi) is 5.00. The van der Waals surface area contributed by atoms with E-state index in [0.29, 0.717) is 11.8 Å². The summed E-state index contributed by atoms with van der Waals surface area (Å²) in [5, 5.41) is 0.496. The van der Waals surface area contributed by atoms with Gasteiger partial charge in [0.15, 0.2) is 0 Å². The zero-order valence-electron chi connectivity index (χ0n) is 10.9. The number of ether oxygens (including phenoxy) is 1. The Balaban J connectivity index is 1.79. The number of carbonyl (C=O) groups excluding carboxylic acids is 2. The Labute approximate surface area is 120 Å². The highest BCUT2D eigenvalue weighted by Gasteiger charge is 2.11. The van der Waals surface area contributed by atoms with Gasteiger partial charge in [0.1, 0.15) is 12.0 Å². The van der Waals surface area contributed by atoms with Crippen molar-refractivity contribution in [2.45, 2.75) is 24.9 Å². The maximum atomic E-state index is 11.4. The Hall–Kier alpha value is -2.02. The number of fused-ring (bicyclic) bond motifs is 1. The van der Waals surface area contributed by atoms with Crippen molar-refractivity contribution >= 4 is 35.0 Å². The normalized spacial score (nSPS) is 10.4. The van der Waals surface area contributed by atoms with Crippen molar-refractivity contribution in [1.29, 1.82) is 0 Å². The minimum absolute atomic E-state index is 0.00788. The third-order valence-electron chi connectivity index (χ3n) is 2.42. The number of nitrogens with zero attached hydrogens (tertiary/aromatic N) is 1. The summed E-state index contributed by atoms with van der Waals surface area (Å²) >= 11 is 0.851. The molecule has 6 nitrogen and oxygen atoms in total. The molecule has 0 aliphatic carbocycles. The van der Waals surface area contributed by atoms with Crippen molar-refractivity contribution in [2.24, 2.45) is 0 Å². The molecule has 0 atom stereocenters. The fourth-order valence-corrected chi connectivity index (χ4v) is 2.08. The molecule has 2 rings (SSSR count). The first kappa shape index (κ1) is 14.4. The fraction of sp³-hybridized carbons (Fsp3) is 0.308. The van der Waals surface area contributed by atoms with Crippen LogP contribution in [0.15, 0.2) is 29.4 Å². The summed E-state index contributed by atoms with van der Waals surface area (Å²) in [5.74, 6) is -0.887. The van der Waals surface area contributed by atoms with E-state index in [9.17, 15) is 9.59 Å². The van der Waals surface area contributed by atoms with Crippen LogP contribution in [0, 0.1) is 0 Å². The molecule has 1 N–H and O–H groups in total. The quantitative estimate of drug-likeness (QED) is 0.651. The zero-order valence-corrected chi connectivity index (χ0v) is 11.7. The molecule has 0 spiro atoms. The molecule has 0 saturated carbocycles. The van der Waals surface area contributed by atoms with Gasteiger partial charge in [0.05, 0.1) is 30.5 Å². The van der Waals surface area contributed by atoms with Gasteiger partial charge in [-0.15, -0.1) is 0 Å². The van der Waals surface area contributed by atoms with Crippen LogP contribution in [-0.4, -0.2) is 28.5 Å². The molecular weight excluding hydrogens is 280 g/mol. The third-order valence-corrected chi connectivity index (χ3v) is 3.04. The van der Waals surface area contributed by atoms with Gasteiger partial charge >= 0.3 is 11.9 Å². The van der Waals surface area contributed by atoms with Crippen LogP contribution in [0.5, 0.6) is 0 Å². The van der Waals surface area contributed by atoms with Gasteiger partial charge in [0.25, 0.3) is 0 Å². The van der Waals surface area contributed by atoms with Crippen molar-refractivity contribution in [2.75, 3.05) is 6.61 Å². The molecule has 20 heavy (non-hydrogen) atoms. The first-order chi connectivity index (χ1) is 9.69. The summed E-state index contributed by atoms with van der Waals surface area (Å²) in [5.41, 5.74) is 1.68. The van der Waals surface area contributed by atoms with E-state index in [0.717, 1.165) is 23.1 Å². The summed E-state index contributed by atoms with van der Waals surface area (Å²) in [6, 6.07) is 7.51. The predicted molar refractivity (Wildman–Crippen MR) is 73.9 cm³/mol.